The zero-order chi connectivity index (χ0) is 16.2. The van der Waals surface area contributed by atoms with E-state index < -0.39 is 5.60 Å². The lowest BCUT2D eigenvalue weighted by Crippen LogP contribution is -2.50. The van der Waals surface area contributed by atoms with Crippen molar-refractivity contribution in [1.82, 2.24) is 9.80 Å². The van der Waals surface area contributed by atoms with E-state index in [-0.39, 0.29) is 6.09 Å². The molecule has 2 heterocycles. The third kappa shape index (κ3) is 4.65. The summed E-state index contributed by atoms with van der Waals surface area (Å²) in [5, 5.41) is 0.429. The second kappa shape index (κ2) is 7.03. The van der Waals surface area contributed by atoms with E-state index in [0.29, 0.717) is 31.3 Å². The maximum atomic E-state index is 12.1. The Morgan fingerprint density at radius 2 is 2.00 bits per heavy atom. The number of rotatable bonds is 1. The first kappa shape index (κ1) is 16.7. The van der Waals surface area contributed by atoms with Crippen LogP contribution in [0.5, 0.6) is 0 Å². The number of carbonyl (C=O) groups is 1. The summed E-state index contributed by atoms with van der Waals surface area (Å²) in [7, 11) is 0. The fraction of sp³-hybridized carbons (Fsp3) is 0.562. The number of amides is 1. The highest BCUT2D eigenvalue weighted by Gasteiger charge is 2.27. The van der Waals surface area contributed by atoms with Crippen LogP contribution in [0.25, 0.3) is 0 Å². The Balaban J connectivity index is 1.97. The predicted octanol–water partition coefficient (Wildman–Crippen LogP) is 3.13. The van der Waals surface area contributed by atoms with Gasteiger partial charge in [0.2, 0.25) is 0 Å². The maximum Gasteiger partial charge on any atom is 0.410 e. The lowest BCUT2D eigenvalue weighted by atomic mass is 10.2. The lowest BCUT2D eigenvalue weighted by molar-refractivity contribution is 0.0173. The van der Waals surface area contributed by atoms with E-state index in [1.807, 2.05) is 32.9 Å². The first-order chi connectivity index (χ1) is 10.4. The zero-order valence-corrected chi connectivity index (χ0v) is 14.1. The Morgan fingerprint density at radius 1 is 1.32 bits per heavy atom. The molecular weight excluding hydrogens is 302 g/mol. The molecule has 0 bridgehead atoms. The molecule has 22 heavy (non-hydrogen) atoms. The summed E-state index contributed by atoms with van der Waals surface area (Å²) >= 11 is 6.21. The topological polar surface area (TPSA) is 45.1 Å². The summed E-state index contributed by atoms with van der Waals surface area (Å²) in [5.41, 5.74) is 3.51. The van der Waals surface area contributed by atoms with E-state index in [2.05, 4.69) is 15.6 Å². The summed E-state index contributed by atoms with van der Waals surface area (Å²) in [4.78, 5) is 20.1. The van der Waals surface area contributed by atoms with Gasteiger partial charge in [-0.1, -0.05) is 23.4 Å². The standard InChI is InChI=1S/C16H22ClN3O2/c1-16(2,3)22-15(21)20-11-9-19(10-12-20)13-7-5-4-6-8-18-14(13)17/h5-6,8H,4,9-12H2,1-3H3/b8-6-,18-14?. The van der Waals surface area contributed by atoms with Crippen LogP contribution in [0.3, 0.4) is 0 Å². The van der Waals surface area contributed by atoms with E-state index in [1.54, 1.807) is 11.1 Å². The first-order valence-electron chi connectivity index (χ1n) is 7.43. The maximum absolute atomic E-state index is 12.1. The van der Waals surface area contributed by atoms with Gasteiger partial charge in [-0.2, -0.15) is 0 Å². The van der Waals surface area contributed by atoms with Crippen molar-refractivity contribution in [1.29, 1.82) is 0 Å². The smallest absolute Gasteiger partial charge is 0.410 e. The molecule has 2 aliphatic rings. The molecule has 6 heteroatoms. The molecule has 0 spiro atoms. The van der Waals surface area contributed by atoms with E-state index in [1.165, 1.54) is 0 Å². The van der Waals surface area contributed by atoms with Crippen LogP contribution in [0.4, 0.5) is 4.79 Å². The summed E-state index contributed by atoms with van der Waals surface area (Å²) in [6, 6.07) is 0. The van der Waals surface area contributed by atoms with Crippen LogP contribution in [-0.4, -0.2) is 52.8 Å². The summed E-state index contributed by atoms with van der Waals surface area (Å²) in [6.45, 7) is 8.18. The Bertz CT molecular complexity index is 546. The van der Waals surface area contributed by atoms with Gasteiger partial charge in [-0.05, 0) is 33.3 Å². The molecule has 5 nitrogen and oxygen atoms in total. The van der Waals surface area contributed by atoms with Crippen LogP contribution in [0.2, 0.25) is 0 Å². The molecule has 2 rings (SSSR count). The van der Waals surface area contributed by atoms with E-state index in [4.69, 9.17) is 16.3 Å². The summed E-state index contributed by atoms with van der Waals surface area (Å²) < 4.78 is 5.40. The Kier molecular flexibility index (Phi) is 5.33. The van der Waals surface area contributed by atoms with Crippen LogP contribution >= 0.6 is 11.6 Å². The third-order valence-electron chi connectivity index (χ3n) is 3.23. The van der Waals surface area contributed by atoms with Gasteiger partial charge in [0, 0.05) is 32.4 Å². The number of piperazine rings is 1. The molecule has 1 amide bonds. The van der Waals surface area contributed by atoms with Crippen molar-refractivity contribution in [3.8, 4) is 0 Å². The van der Waals surface area contributed by atoms with Gasteiger partial charge >= 0.3 is 6.09 Å². The van der Waals surface area contributed by atoms with Gasteiger partial charge in [-0.3, -0.25) is 0 Å². The average molecular weight is 324 g/mol. The molecule has 0 aliphatic carbocycles. The Morgan fingerprint density at radius 3 is 2.64 bits per heavy atom. The van der Waals surface area contributed by atoms with Crippen molar-refractivity contribution in [3.05, 3.63) is 29.8 Å². The highest BCUT2D eigenvalue weighted by molar-refractivity contribution is 6.69. The van der Waals surface area contributed by atoms with Crippen LogP contribution < -0.4 is 0 Å². The second-order valence-corrected chi connectivity index (χ2v) is 6.55. The first-order valence-corrected chi connectivity index (χ1v) is 7.81. The fourth-order valence-corrected chi connectivity index (χ4v) is 2.41. The number of hydrogen-bond acceptors (Lipinski definition) is 4. The monoisotopic (exact) mass is 323 g/mol. The van der Waals surface area contributed by atoms with E-state index in [9.17, 15) is 4.79 Å². The summed E-state index contributed by atoms with van der Waals surface area (Å²) in [5.74, 6) is 0. The summed E-state index contributed by atoms with van der Waals surface area (Å²) in [6.07, 6.45) is 6.08. The number of hydrogen-bond donors (Lipinski definition) is 0. The lowest BCUT2D eigenvalue weighted by Gasteiger charge is -2.36. The van der Waals surface area contributed by atoms with Crippen molar-refractivity contribution < 1.29 is 9.53 Å². The van der Waals surface area contributed by atoms with E-state index in [0.717, 1.165) is 12.1 Å². The number of nitrogens with zero attached hydrogens (tertiary/aromatic N) is 3. The zero-order valence-electron chi connectivity index (χ0n) is 13.3. The molecule has 0 atom stereocenters. The van der Waals surface area contributed by atoms with Gasteiger partial charge in [-0.25, -0.2) is 9.79 Å². The molecule has 0 saturated carbocycles. The molecule has 0 aromatic rings. The second-order valence-electron chi connectivity index (χ2n) is 6.19. The van der Waals surface area contributed by atoms with Gasteiger partial charge in [-0.15, -0.1) is 0 Å². The Labute approximate surface area is 136 Å². The number of aliphatic imine (C=N–C) groups is 1. The predicted molar refractivity (Wildman–Crippen MR) is 88.0 cm³/mol. The van der Waals surface area contributed by atoms with Crippen LogP contribution in [0, 0.1) is 0 Å². The largest absolute Gasteiger partial charge is 0.444 e. The molecule has 0 aromatic heterocycles. The Hall–Kier alpha value is -1.71. The molecule has 0 N–H and O–H groups in total. The number of carbonyl (C=O) groups excluding carboxylic acids is 1. The number of allylic oxidation sites excluding steroid dienone is 2. The van der Waals surface area contributed by atoms with Crippen LogP contribution in [0.15, 0.2) is 34.8 Å². The fourth-order valence-electron chi connectivity index (χ4n) is 2.18. The minimum atomic E-state index is -0.471. The molecule has 2 aliphatic heterocycles. The average Bonchev–Trinajstić information content (AvgIpc) is 2.42. The molecule has 1 saturated heterocycles. The molecule has 1 fully saturated rings. The van der Waals surface area contributed by atoms with Crippen molar-refractivity contribution in [2.45, 2.75) is 32.8 Å². The molecule has 0 unspecified atom stereocenters. The van der Waals surface area contributed by atoms with Gasteiger partial charge in [0.25, 0.3) is 0 Å². The highest BCUT2D eigenvalue weighted by atomic mass is 35.5. The highest BCUT2D eigenvalue weighted by Crippen LogP contribution is 2.16. The van der Waals surface area contributed by atoms with Crippen LogP contribution in [0.1, 0.15) is 27.2 Å². The number of halogens is 1. The van der Waals surface area contributed by atoms with Crippen molar-refractivity contribution >= 4 is 22.9 Å². The van der Waals surface area contributed by atoms with Gasteiger partial charge < -0.3 is 14.5 Å². The van der Waals surface area contributed by atoms with Crippen molar-refractivity contribution in [2.75, 3.05) is 26.2 Å². The molecular formula is C16H22ClN3O2. The van der Waals surface area contributed by atoms with Gasteiger partial charge in [0.15, 0.2) is 5.17 Å². The SMILES string of the molecule is CC(C)(C)OC(=O)N1CCN(C2=C=CC/C=C\N=C2Cl)CC1. The normalized spacial score (nSPS) is 20.7. The van der Waals surface area contributed by atoms with E-state index >= 15 is 0 Å². The van der Waals surface area contributed by atoms with Crippen LogP contribution in [-0.2, 0) is 4.74 Å². The third-order valence-corrected chi connectivity index (χ3v) is 3.51. The minimum Gasteiger partial charge on any atom is -0.444 e. The van der Waals surface area contributed by atoms with Gasteiger partial charge in [0.1, 0.15) is 11.3 Å². The number of ether oxygens (including phenoxy) is 1. The quantitative estimate of drug-likeness (QED) is 0.696. The van der Waals surface area contributed by atoms with Gasteiger partial charge in [0.05, 0.1) is 0 Å². The minimum absolute atomic E-state index is 0.267. The van der Waals surface area contributed by atoms with Crippen molar-refractivity contribution in [2.24, 2.45) is 4.99 Å². The molecule has 0 radical (unpaired) electrons. The molecule has 0 aromatic carbocycles. The van der Waals surface area contributed by atoms with Crippen molar-refractivity contribution in [3.63, 3.8) is 0 Å². The molecule has 120 valence electrons.